The normalized spacial score (nSPS) is 12.1. The summed E-state index contributed by atoms with van der Waals surface area (Å²) >= 11 is 0. The van der Waals surface area contributed by atoms with Gasteiger partial charge in [-0.1, -0.05) is 24.3 Å². The summed E-state index contributed by atoms with van der Waals surface area (Å²) in [6, 6.07) is 9.75. The number of benzene rings is 2. The quantitative estimate of drug-likeness (QED) is 0.825. The zero-order valence-electron chi connectivity index (χ0n) is 11.0. The Kier molecular flexibility index (Phi) is 4.00. The van der Waals surface area contributed by atoms with Gasteiger partial charge in [0.25, 0.3) is 0 Å². The Balaban J connectivity index is 2.28. The summed E-state index contributed by atoms with van der Waals surface area (Å²) in [4.78, 5) is 22.2. The minimum Gasteiger partial charge on any atom is -0.478 e. The van der Waals surface area contributed by atoms with Crippen molar-refractivity contribution < 1.29 is 19.4 Å². The van der Waals surface area contributed by atoms with E-state index in [1.807, 2.05) is 18.2 Å². The minimum absolute atomic E-state index is 0.247. The van der Waals surface area contributed by atoms with E-state index in [0.717, 1.165) is 16.3 Å². The van der Waals surface area contributed by atoms with Gasteiger partial charge in [-0.25, -0.2) is 4.79 Å². The van der Waals surface area contributed by atoms with Crippen LogP contribution in [-0.4, -0.2) is 30.2 Å². The maximum absolute atomic E-state index is 11.3. The van der Waals surface area contributed by atoms with Gasteiger partial charge in [-0.05, 0) is 34.9 Å². The van der Waals surface area contributed by atoms with Crippen LogP contribution in [0.5, 0.6) is 0 Å². The molecule has 2 rings (SSSR count). The molecule has 0 saturated heterocycles. The van der Waals surface area contributed by atoms with Gasteiger partial charge in [-0.15, -0.1) is 0 Å². The Bertz CT molecular complexity index is 666. The van der Waals surface area contributed by atoms with Crippen molar-refractivity contribution in [3.63, 3.8) is 0 Å². The topological polar surface area (TPSA) is 89.6 Å². The van der Waals surface area contributed by atoms with Crippen LogP contribution in [0.1, 0.15) is 15.9 Å². The third-order valence-corrected chi connectivity index (χ3v) is 3.11. The molecule has 5 nitrogen and oxygen atoms in total. The standard InChI is InChI=1S/C15H15NO4/c1-20-15(19)13(16)7-9-2-3-11-8-12(14(17)18)5-4-10(11)6-9/h2-6,8,13H,7,16H2,1H3,(H,17,18)/t13-/m0/s1. The highest BCUT2D eigenvalue weighted by Crippen LogP contribution is 2.19. The SMILES string of the molecule is COC(=O)[C@@H](N)Cc1ccc2cc(C(=O)O)ccc2c1. The van der Waals surface area contributed by atoms with Crippen LogP contribution in [0.15, 0.2) is 36.4 Å². The predicted octanol–water partition coefficient (Wildman–Crippen LogP) is 1.58. The van der Waals surface area contributed by atoms with E-state index in [1.165, 1.54) is 7.11 Å². The summed E-state index contributed by atoms with van der Waals surface area (Å²) in [5.74, 6) is -1.41. The van der Waals surface area contributed by atoms with Gasteiger partial charge in [0, 0.05) is 0 Å². The summed E-state index contributed by atoms with van der Waals surface area (Å²) in [5.41, 5.74) is 6.86. The van der Waals surface area contributed by atoms with Gasteiger partial charge in [-0.3, -0.25) is 4.79 Å². The van der Waals surface area contributed by atoms with Crippen LogP contribution in [0.2, 0.25) is 0 Å². The van der Waals surface area contributed by atoms with E-state index in [-0.39, 0.29) is 5.56 Å². The number of ether oxygens (including phenoxy) is 1. The number of aromatic carboxylic acids is 1. The lowest BCUT2D eigenvalue weighted by Gasteiger charge is -2.10. The molecule has 1 atom stereocenters. The van der Waals surface area contributed by atoms with Crippen molar-refractivity contribution in [1.29, 1.82) is 0 Å². The summed E-state index contributed by atoms with van der Waals surface area (Å²) in [6.07, 6.45) is 0.378. The van der Waals surface area contributed by atoms with E-state index in [2.05, 4.69) is 4.74 Å². The molecule has 2 aromatic rings. The van der Waals surface area contributed by atoms with Crippen molar-refractivity contribution in [2.24, 2.45) is 5.73 Å². The molecule has 0 bridgehead atoms. The second kappa shape index (κ2) is 5.71. The van der Waals surface area contributed by atoms with Crippen LogP contribution in [0.3, 0.4) is 0 Å². The molecule has 3 N–H and O–H groups in total. The van der Waals surface area contributed by atoms with Crippen molar-refractivity contribution in [3.05, 3.63) is 47.5 Å². The highest BCUT2D eigenvalue weighted by Gasteiger charge is 2.14. The lowest BCUT2D eigenvalue weighted by Crippen LogP contribution is -2.33. The van der Waals surface area contributed by atoms with E-state index in [9.17, 15) is 9.59 Å². The number of hydrogen-bond donors (Lipinski definition) is 2. The fraction of sp³-hybridized carbons (Fsp3) is 0.200. The van der Waals surface area contributed by atoms with Gasteiger partial charge in [-0.2, -0.15) is 0 Å². The number of fused-ring (bicyclic) bond motifs is 1. The van der Waals surface area contributed by atoms with Crippen molar-refractivity contribution in [2.75, 3.05) is 7.11 Å². The molecule has 0 spiro atoms. The third kappa shape index (κ3) is 2.95. The maximum atomic E-state index is 11.3. The lowest BCUT2D eigenvalue weighted by molar-refractivity contribution is -0.142. The predicted molar refractivity (Wildman–Crippen MR) is 74.6 cm³/mol. The van der Waals surface area contributed by atoms with Gasteiger partial charge in [0.15, 0.2) is 0 Å². The first-order valence-corrected chi connectivity index (χ1v) is 6.10. The monoisotopic (exact) mass is 273 g/mol. The average molecular weight is 273 g/mol. The average Bonchev–Trinajstić information content (AvgIpc) is 2.45. The molecule has 2 aromatic carbocycles. The number of carbonyl (C=O) groups excluding carboxylic acids is 1. The number of methoxy groups -OCH3 is 1. The highest BCUT2D eigenvalue weighted by atomic mass is 16.5. The van der Waals surface area contributed by atoms with Crippen molar-refractivity contribution >= 4 is 22.7 Å². The fourth-order valence-electron chi connectivity index (χ4n) is 2.04. The molecule has 20 heavy (non-hydrogen) atoms. The number of hydrogen-bond acceptors (Lipinski definition) is 4. The Hall–Kier alpha value is -2.40. The first kappa shape index (κ1) is 14.0. The minimum atomic E-state index is -0.955. The number of rotatable bonds is 4. The van der Waals surface area contributed by atoms with Gasteiger partial charge >= 0.3 is 11.9 Å². The molecule has 104 valence electrons. The van der Waals surface area contributed by atoms with Gasteiger partial charge in [0.2, 0.25) is 0 Å². The second-order valence-electron chi connectivity index (χ2n) is 4.54. The maximum Gasteiger partial charge on any atom is 0.335 e. The first-order chi connectivity index (χ1) is 9.51. The number of carbonyl (C=O) groups is 2. The van der Waals surface area contributed by atoms with E-state index >= 15 is 0 Å². The van der Waals surface area contributed by atoms with Crippen molar-refractivity contribution in [3.8, 4) is 0 Å². The van der Waals surface area contributed by atoms with E-state index in [0.29, 0.717) is 6.42 Å². The number of carboxylic acid groups (broad SMARTS) is 1. The molecule has 0 aliphatic heterocycles. The summed E-state index contributed by atoms with van der Waals surface area (Å²) in [7, 11) is 1.30. The van der Waals surface area contributed by atoms with Crippen LogP contribution in [0.25, 0.3) is 10.8 Å². The molecule has 0 heterocycles. The Morgan fingerprint density at radius 3 is 2.50 bits per heavy atom. The van der Waals surface area contributed by atoms with E-state index in [4.69, 9.17) is 10.8 Å². The molecule has 0 unspecified atom stereocenters. The first-order valence-electron chi connectivity index (χ1n) is 6.10. The largest absolute Gasteiger partial charge is 0.478 e. The molecule has 0 aliphatic carbocycles. The Morgan fingerprint density at radius 1 is 1.20 bits per heavy atom. The van der Waals surface area contributed by atoms with Crippen LogP contribution in [0, 0.1) is 0 Å². The molecule has 0 aliphatic rings. The van der Waals surface area contributed by atoms with Gasteiger partial charge in [0.05, 0.1) is 12.7 Å². The third-order valence-electron chi connectivity index (χ3n) is 3.11. The summed E-state index contributed by atoms with van der Waals surface area (Å²) in [5, 5.41) is 10.7. The molecule has 0 aromatic heterocycles. The van der Waals surface area contributed by atoms with E-state index < -0.39 is 18.0 Å². The fourth-order valence-corrected chi connectivity index (χ4v) is 2.04. The molecule has 5 heteroatoms. The smallest absolute Gasteiger partial charge is 0.335 e. The van der Waals surface area contributed by atoms with Crippen LogP contribution < -0.4 is 5.73 Å². The van der Waals surface area contributed by atoms with Crippen LogP contribution in [-0.2, 0) is 16.0 Å². The molecule has 0 fully saturated rings. The van der Waals surface area contributed by atoms with Crippen molar-refractivity contribution in [2.45, 2.75) is 12.5 Å². The summed E-state index contributed by atoms with van der Waals surface area (Å²) < 4.78 is 4.58. The molecule has 0 radical (unpaired) electrons. The van der Waals surface area contributed by atoms with Gasteiger partial charge < -0.3 is 15.6 Å². The Labute approximate surface area is 116 Å². The Morgan fingerprint density at radius 2 is 1.85 bits per heavy atom. The molecular formula is C15H15NO4. The zero-order chi connectivity index (χ0) is 14.7. The lowest BCUT2D eigenvalue weighted by atomic mass is 10.0. The van der Waals surface area contributed by atoms with Crippen molar-refractivity contribution in [1.82, 2.24) is 0 Å². The summed E-state index contributed by atoms with van der Waals surface area (Å²) in [6.45, 7) is 0. The number of carboxylic acids is 1. The van der Waals surface area contributed by atoms with Crippen LogP contribution in [0.4, 0.5) is 0 Å². The molecular weight excluding hydrogens is 258 g/mol. The number of esters is 1. The highest BCUT2D eigenvalue weighted by molar-refractivity contribution is 5.94. The molecule has 0 amide bonds. The zero-order valence-corrected chi connectivity index (χ0v) is 11.0. The van der Waals surface area contributed by atoms with Crippen LogP contribution >= 0.6 is 0 Å². The molecule has 0 saturated carbocycles. The second-order valence-corrected chi connectivity index (χ2v) is 4.54. The van der Waals surface area contributed by atoms with E-state index in [1.54, 1.807) is 18.2 Å². The number of nitrogens with two attached hydrogens (primary N) is 1. The van der Waals surface area contributed by atoms with Gasteiger partial charge in [0.1, 0.15) is 6.04 Å².